The number of rotatable bonds is 7. The van der Waals surface area contributed by atoms with Crippen molar-refractivity contribution in [2.75, 3.05) is 0 Å². The SMILES string of the molecule is CC12CC3CC(C)(C1)CC(c1cc(C45CC6(C)CC(C)(C4)CC(C47CC8(C)CC(C)(CC(c9cc([N+](=O)[O-])c(O)c(C%10%11CC%12CC(C)(CC(C)(C%12)C%10)C%11)c9)(C8)C4)C7)(C6)C5)cc([N+](=O)[O-])c1O)(C3)C2. The lowest BCUT2D eigenvalue weighted by Gasteiger charge is -2.80. The number of phenolic OH excluding ortho intramolecular Hbond substituents is 2. The first-order valence-corrected chi connectivity index (χ1v) is 27.5. The molecule has 16 bridgehead atoms. The minimum Gasteiger partial charge on any atom is -0.502 e. The number of nitro groups is 2. The maximum Gasteiger partial charge on any atom is 0.311 e. The molecule has 16 aliphatic carbocycles. The Balaban J connectivity index is 0.921. The van der Waals surface area contributed by atoms with Gasteiger partial charge in [-0.1, -0.05) is 67.5 Å². The Morgan fingerprint density at radius 2 is 0.662 bits per heavy atom. The largest absolute Gasteiger partial charge is 0.502 e. The molecule has 8 nitrogen and oxygen atoms in total. The van der Waals surface area contributed by atoms with Crippen LogP contribution in [0.2, 0.25) is 0 Å². The molecule has 0 radical (unpaired) electrons. The minimum atomic E-state index is -0.272. The lowest BCUT2D eigenvalue weighted by molar-refractivity contribution is -0.386. The summed E-state index contributed by atoms with van der Waals surface area (Å²) in [5, 5.41) is 51.1. The van der Waals surface area contributed by atoms with Gasteiger partial charge < -0.3 is 10.2 Å². The first kappa shape index (κ1) is 43.6. The molecule has 2 aromatic carbocycles. The molecule has 0 aromatic heterocycles. The summed E-state index contributed by atoms with van der Waals surface area (Å²) in [6.45, 7) is 20.1. The molecule has 18 rings (SSSR count). The molecule has 2 N–H and O–H groups in total. The highest BCUT2D eigenvalue weighted by atomic mass is 16.6. The molecule has 16 fully saturated rings. The van der Waals surface area contributed by atoms with Gasteiger partial charge in [0, 0.05) is 34.1 Å². The lowest BCUT2D eigenvalue weighted by Crippen LogP contribution is -2.71. The van der Waals surface area contributed by atoms with Crippen LogP contribution in [0.25, 0.3) is 0 Å². The minimum absolute atomic E-state index is 0.00351. The van der Waals surface area contributed by atoms with Crippen molar-refractivity contribution in [2.45, 2.75) is 231 Å². The zero-order chi connectivity index (χ0) is 47.7. The number of nitrogens with zero attached hydrogens (tertiary/aromatic N) is 2. The topological polar surface area (TPSA) is 127 Å². The molecule has 0 amide bonds. The third kappa shape index (κ3) is 5.56. The van der Waals surface area contributed by atoms with Gasteiger partial charge in [-0.15, -0.1) is 0 Å². The van der Waals surface area contributed by atoms with E-state index >= 15 is 0 Å². The van der Waals surface area contributed by atoms with Gasteiger partial charge in [0.05, 0.1) is 9.85 Å². The van der Waals surface area contributed by atoms with E-state index in [-0.39, 0.29) is 109 Å². The van der Waals surface area contributed by atoms with Crippen LogP contribution in [0.15, 0.2) is 24.3 Å². The molecular weight excluding hydrogens is 845 g/mol. The summed E-state index contributed by atoms with van der Waals surface area (Å²) < 4.78 is 0. The maximum absolute atomic E-state index is 13.3. The lowest BCUT2D eigenvalue weighted by atomic mass is 9.24. The van der Waals surface area contributed by atoms with Gasteiger partial charge in [-0.25, -0.2) is 0 Å². The fraction of sp³-hybridized carbons (Fsp3) is 0.800. The van der Waals surface area contributed by atoms with E-state index < -0.39 is 0 Å². The maximum atomic E-state index is 13.3. The summed E-state index contributed by atoms with van der Waals surface area (Å²) in [5.41, 5.74) is 4.03. The molecule has 16 aliphatic rings. The number of aromatic hydroxyl groups is 2. The normalized spacial score (nSPS) is 54.8. The Morgan fingerprint density at radius 3 is 0.941 bits per heavy atom. The molecule has 8 unspecified atom stereocenters. The number of nitro benzene ring substituents is 2. The van der Waals surface area contributed by atoms with Crippen molar-refractivity contribution < 1.29 is 20.1 Å². The van der Waals surface area contributed by atoms with E-state index in [1.54, 1.807) is 0 Å². The highest BCUT2D eigenvalue weighted by Crippen LogP contribution is 2.86. The summed E-state index contributed by atoms with van der Waals surface area (Å²) in [5.74, 6) is 1.07. The van der Waals surface area contributed by atoms with Gasteiger partial charge in [-0.3, -0.25) is 20.2 Å². The van der Waals surface area contributed by atoms with E-state index in [4.69, 9.17) is 0 Å². The zero-order valence-corrected chi connectivity index (χ0v) is 42.9. The first-order valence-electron chi connectivity index (χ1n) is 27.5. The second-order valence-electron chi connectivity index (χ2n) is 32.6. The predicted octanol–water partition coefficient (Wildman–Crippen LogP) is 15.3. The van der Waals surface area contributed by atoms with Crippen molar-refractivity contribution in [1.29, 1.82) is 0 Å². The van der Waals surface area contributed by atoms with Gasteiger partial charge in [-0.05, 0) is 242 Å². The van der Waals surface area contributed by atoms with Crippen molar-refractivity contribution in [3.8, 4) is 11.5 Å². The average Bonchev–Trinajstić information content (AvgIpc) is 3.12. The number of phenols is 2. The van der Waals surface area contributed by atoms with Crippen molar-refractivity contribution in [2.24, 2.45) is 66.0 Å². The van der Waals surface area contributed by atoms with Crippen LogP contribution in [0.3, 0.4) is 0 Å². The molecule has 16 saturated carbocycles. The van der Waals surface area contributed by atoms with E-state index in [0.29, 0.717) is 11.8 Å². The summed E-state index contributed by atoms with van der Waals surface area (Å²) in [6, 6.07) is 8.48. The molecule has 0 aliphatic heterocycles. The van der Waals surface area contributed by atoms with Crippen molar-refractivity contribution in [1.82, 2.24) is 0 Å². The third-order valence-electron chi connectivity index (χ3n) is 24.5. The van der Waals surface area contributed by atoms with E-state index in [0.717, 1.165) is 99.3 Å². The number of hydrogen-bond donors (Lipinski definition) is 2. The fourth-order valence-corrected chi connectivity index (χ4v) is 27.6. The van der Waals surface area contributed by atoms with Crippen LogP contribution >= 0.6 is 0 Å². The van der Waals surface area contributed by atoms with Crippen LogP contribution in [0.1, 0.15) is 232 Å². The highest BCUT2D eigenvalue weighted by Gasteiger charge is 2.77. The number of hydrogen-bond acceptors (Lipinski definition) is 6. The van der Waals surface area contributed by atoms with Gasteiger partial charge in [0.25, 0.3) is 0 Å². The summed E-state index contributed by atoms with van der Waals surface area (Å²) in [6.07, 6.45) is 26.7. The van der Waals surface area contributed by atoms with Crippen LogP contribution < -0.4 is 0 Å². The molecular formula is C60H80N2O6. The summed E-state index contributed by atoms with van der Waals surface area (Å²) in [4.78, 5) is 26.0. The molecule has 0 heterocycles. The summed E-state index contributed by atoms with van der Waals surface area (Å²) >= 11 is 0. The first-order chi connectivity index (χ1) is 31.4. The van der Waals surface area contributed by atoms with Gasteiger partial charge in [-0.2, -0.15) is 0 Å². The average molecular weight is 925 g/mol. The second kappa shape index (κ2) is 12.0. The summed E-state index contributed by atoms with van der Waals surface area (Å²) in [7, 11) is 0. The van der Waals surface area contributed by atoms with Crippen molar-refractivity contribution in [3.63, 3.8) is 0 Å². The highest BCUT2D eigenvalue weighted by molar-refractivity contribution is 5.61. The molecule has 68 heavy (non-hydrogen) atoms. The fourth-order valence-electron chi connectivity index (χ4n) is 27.6. The molecule has 0 spiro atoms. The Hall–Kier alpha value is -3.16. The molecule has 2 aromatic rings. The van der Waals surface area contributed by atoms with Crippen molar-refractivity contribution in [3.05, 3.63) is 66.7 Å². The standard InChI is InChI=1S/C60H80N2O6/c1-47-13-37-14-48(2,19-47)24-55(17-37,23-47)41-9-39(11-43(45(41)63)61(65)66)57-27-51(5)21-52(6,28-57)32-59(31-51,35-57)60-33-53(7)22-54(8,34-60)30-58(29-53,36-60)40-10-42(46(64)44(12-40)62(67)68)56-18-38-15-49(3,25-56)20-50(4,16-38)26-56/h9-12,37-38,63-64H,13-36H2,1-8H3. The van der Waals surface area contributed by atoms with Crippen LogP contribution in [0.4, 0.5) is 11.4 Å². The Morgan fingerprint density at radius 1 is 0.382 bits per heavy atom. The Kier molecular flexibility index (Phi) is 7.71. The van der Waals surface area contributed by atoms with Gasteiger partial charge in [0.1, 0.15) is 0 Å². The zero-order valence-electron chi connectivity index (χ0n) is 42.9. The van der Waals surface area contributed by atoms with Crippen LogP contribution in [0, 0.1) is 86.2 Å². The van der Waals surface area contributed by atoms with E-state index in [2.05, 4.69) is 67.5 Å². The molecule has 8 heteroatoms. The van der Waals surface area contributed by atoms with Crippen molar-refractivity contribution >= 4 is 11.4 Å². The van der Waals surface area contributed by atoms with Gasteiger partial charge in [0.2, 0.25) is 0 Å². The smallest absolute Gasteiger partial charge is 0.311 e. The Labute approximate surface area is 405 Å². The van der Waals surface area contributed by atoms with Crippen LogP contribution in [-0.2, 0) is 21.7 Å². The third-order valence-corrected chi connectivity index (χ3v) is 24.5. The molecule has 366 valence electrons. The van der Waals surface area contributed by atoms with E-state index in [1.165, 1.54) is 77.0 Å². The monoisotopic (exact) mass is 925 g/mol. The second-order valence-corrected chi connectivity index (χ2v) is 32.6. The Bertz CT molecular complexity index is 2450. The van der Waals surface area contributed by atoms with Gasteiger partial charge in [0.15, 0.2) is 11.5 Å². The predicted molar refractivity (Wildman–Crippen MR) is 264 cm³/mol. The van der Waals surface area contributed by atoms with Crippen LogP contribution in [0.5, 0.6) is 11.5 Å². The number of benzene rings is 2. The molecule has 8 atom stereocenters. The quantitative estimate of drug-likeness (QED) is 0.210. The van der Waals surface area contributed by atoms with Crippen LogP contribution in [-0.4, -0.2) is 20.1 Å². The molecule has 0 saturated heterocycles. The van der Waals surface area contributed by atoms with E-state index in [9.17, 15) is 30.4 Å². The van der Waals surface area contributed by atoms with Gasteiger partial charge >= 0.3 is 11.4 Å². The van der Waals surface area contributed by atoms with E-state index in [1.807, 2.05) is 12.1 Å².